The first-order chi connectivity index (χ1) is 10.7. The number of hydrogen-bond acceptors (Lipinski definition) is 4. The molecule has 23 heavy (non-hydrogen) atoms. The van der Waals surface area contributed by atoms with Gasteiger partial charge >= 0.3 is 6.18 Å². The second-order valence-corrected chi connectivity index (χ2v) is 5.41. The van der Waals surface area contributed by atoms with Crippen LogP contribution in [0.2, 0.25) is 0 Å². The standard InChI is InChI=1S/C14H17F3N4O2/c1-9-12(10(2)21(19-9)8-14(15,16)17)5-13(22)20-3-4-23-7-11(20)6-18/h11H,3-5,7-8H2,1-2H3/t11-/m1/s1. The summed E-state index contributed by atoms with van der Waals surface area (Å²) < 4.78 is 43.6. The van der Waals surface area contributed by atoms with E-state index in [0.717, 1.165) is 4.68 Å². The smallest absolute Gasteiger partial charge is 0.376 e. The predicted octanol–water partition coefficient (Wildman–Crippen LogP) is 1.36. The van der Waals surface area contributed by atoms with Crippen LogP contribution in [0.5, 0.6) is 0 Å². The number of aryl methyl sites for hydroxylation is 1. The summed E-state index contributed by atoms with van der Waals surface area (Å²) in [7, 11) is 0. The van der Waals surface area contributed by atoms with E-state index in [1.54, 1.807) is 6.92 Å². The summed E-state index contributed by atoms with van der Waals surface area (Å²) in [6, 6.07) is 1.33. The zero-order valence-corrected chi connectivity index (χ0v) is 12.9. The predicted molar refractivity (Wildman–Crippen MR) is 73.4 cm³/mol. The zero-order valence-electron chi connectivity index (χ0n) is 12.9. The van der Waals surface area contributed by atoms with Gasteiger partial charge in [0.25, 0.3) is 0 Å². The molecule has 1 aromatic heterocycles. The van der Waals surface area contributed by atoms with Gasteiger partial charge in [0.1, 0.15) is 12.6 Å². The Bertz CT molecular complexity index is 633. The molecular formula is C14H17F3N4O2. The molecule has 1 amide bonds. The number of morpholine rings is 1. The Kier molecular flexibility index (Phi) is 4.94. The van der Waals surface area contributed by atoms with E-state index >= 15 is 0 Å². The summed E-state index contributed by atoms with van der Waals surface area (Å²) in [6.07, 6.45) is -4.45. The van der Waals surface area contributed by atoms with Crippen LogP contribution in [-0.4, -0.2) is 52.6 Å². The van der Waals surface area contributed by atoms with Crippen LogP contribution in [0.3, 0.4) is 0 Å². The molecule has 1 aliphatic rings. The van der Waals surface area contributed by atoms with E-state index in [1.807, 2.05) is 6.07 Å². The lowest BCUT2D eigenvalue weighted by molar-refractivity contribution is -0.143. The molecule has 0 radical (unpaired) electrons. The zero-order chi connectivity index (χ0) is 17.2. The van der Waals surface area contributed by atoms with Crippen LogP contribution in [0.4, 0.5) is 13.2 Å². The van der Waals surface area contributed by atoms with Gasteiger partial charge in [-0.3, -0.25) is 9.48 Å². The SMILES string of the molecule is Cc1nn(CC(F)(F)F)c(C)c1CC(=O)N1CCOC[C@H]1C#N. The number of carbonyl (C=O) groups is 1. The van der Waals surface area contributed by atoms with E-state index in [0.29, 0.717) is 30.1 Å². The number of carbonyl (C=O) groups excluding carboxylic acids is 1. The molecule has 0 N–H and O–H groups in total. The Morgan fingerprint density at radius 2 is 2.17 bits per heavy atom. The molecule has 2 heterocycles. The Morgan fingerprint density at radius 3 is 2.78 bits per heavy atom. The lowest BCUT2D eigenvalue weighted by atomic mass is 10.1. The average molecular weight is 330 g/mol. The monoisotopic (exact) mass is 330 g/mol. The van der Waals surface area contributed by atoms with Gasteiger partial charge in [-0.05, 0) is 13.8 Å². The molecule has 0 aromatic carbocycles. The van der Waals surface area contributed by atoms with Gasteiger partial charge in [0.05, 0.1) is 31.4 Å². The van der Waals surface area contributed by atoms with Crippen molar-refractivity contribution in [3.63, 3.8) is 0 Å². The van der Waals surface area contributed by atoms with E-state index in [9.17, 15) is 18.0 Å². The molecule has 2 rings (SSSR count). The van der Waals surface area contributed by atoms with Crippen molar-refractivity contribution in [2.45, 2.75) is 39.0 Å². The van der Waals surface area contributed by atoms with E-state index < -0.39 is 18.8 Å². The van der Waals surface area contributed by atoms with Gasteiger partial charge in [0.15, 0.2) is 0 Å². The number of amides is 1. The maximum Gasteiger partial charge on any atom is 0.408 e. The van der Waals surface area contributed by atoms with Crippen LogP contribution in [-0.2, 0) is 22.5 Å². The molecule has 0 aliphatic carbocycles. The van der Waals surface area contributed by atoms with E-state index in [1.165, 1.54) is 11.8 Å². The van der Waals surface area contributed by atoms with Gasteiger partial charge < -0.3 is 9.64 Å². The molecular weight excluding hydrogens is 313 g/mol. The molecule has 6 nitrogen and oxygen atoms in total. The van der Waals surface area contributed by atoms with Gasteiger partial charge in [-0.2, -0.15) is 23.5 Å². The molecule has 1 atom stereocenters. The Balaban J connectivity index is 2.16. The lowest BCUT2D eigenvalue weighted by Gasteiger charge is -2.31. The van der Waals surface area contributed by atoms with Crippen molar-refractivity contribution in [1.82, 2.24) is 14.7 Å². The maximum atomic E-state index is 12.5. The van der Waals surface area contributed by atoms with Gasteiger partial charge in [-0.15, -0.1) is 0 Å². The topological polar surface area (TPSA) is 71.2 Å². The summed E-state index contributed by atoms with van der Waals surface area (Å²) in [4.78, 5) is 13.8. The van der Waals surface area contributed by atoms with Crippen molar-refractivity contribution in [3.8, 4) is 6.07 Å². The van der Waals surface area contributed by atoms with Crippen molar-refractivity contribution in [2.24, 2.45) is 0 Å². The highest BCUT2D eigenvalue weighted by Gasteiger charge is 2.31. The second kappa shape index (κ2) is 6.58. The summed E-state index contributed by atoms with van der Waals surface area (Å²) in [6.45, 7) is 2.68. The fourth-order valence-corrected chi connectivity index (χ4v) is 2.58. The average Bonchev–Trinajstić information content (AvgIpc) is 2.72. The van der Waals surface area contributed by atoms with Crippen LogP contribution in [0.25, 0.3) is 0 Å². The lowest BCUT2D eigenvalue weighted by Crippen LogP contribution is -2.48. The number of alkyl halides is 3. The first-order valence-corrected chi connectivity index (χ1v) is 7.09. The maximum absolute atomic E-state index is 12.5. The summed E-state index contributed by atoms with van der Waals surface area (Å²) >= 11 is 0. The Labute approximate surface area is 131 Å². The molecule has 1 fully saturated rings. The third kappa shape index (κ3) is 4.01. The molecule has 1 aliphatic heterocycles. The number of nitriles is 1. The van der Waals surface area contributed by atoms with Gasteiger partial charge in [-0.25, -0.2) is 0 Å². The van der Waals surface area contributed by atoms with Crippen LogP contribution in [0.1, 0.15) is 17.0 Å². The van der Waals surface area contributed by atoms with Crippen molar-refractivity contribution in [3.05, 3.63) is 17.0 Å². The largest absolute Gasteiger partial charge is 0.408 e. The number of halogens is 3. The molecule has 0 spiro atoms. The second-order valence-electron chi connectivity index (χ2n) is 5.41. The van der Waals surface area contributed by atoms with E-state index in [-0.39, 0.29) is 18.9 Å². The van der Waals surface area contributed by atoms with Crippen LogP contribution in [0, 0.1) is 25.2 Å². The molecule has 0 bridgehead atoms. The van der Waals surface area contributed by atoms with E-state index in [2.05, 4.69) is 5.10 Å². The number of ether oxygens (including phenoxy) is 1. The fraction of sp³-hybridized carbons (Fsp3) is 0.643. The highest BCUT2D eigenvalue weighted by atomic mass is 19.4. The normalized spacial score (nSPS) is 18.8. The first-order valence-electron chi connectivity index (χ1n) is 7.09. The van der Waals surface area contributed by atoms with Crippen LogP contribution < -0.4 is 0 Å². The van der Waals surface area contributed by atoms with Crippen molar-refractivity contribution < 1.29 is 22.7 Å². The van der Waals surface area contributed by atoms with Crippen molar-refractivity contribution in [2.75, 3.05) is 19.8 Å². The Hall–Kier alpha value is -2.08. The number of aromatic nitrogens is 2. The number of hydrogen-bond donors (Lipinski definition) is 0. The molecule has 1 aromatic rings. The van der Waals surface area contributed by atoms with Crippen LogP contribution >= 0.6 is 0 Å². The fourth-order valence-electron chi connectivity index (χ4n) is 2.58. The highest BCUT2D eigenvalue weighted by Crippen LogP contribution is 2.22. The minimum atomic E-state index is -4.37. The summed E-state index contributed by atoms with van der Waals surface area (Å²) in [5.74, 6) is -0.308. The Morgan fingerprint density at radius 1 is 1.48 bits per heavy atom. The third-order valence-electron chi connectivity index (χ3n) is 3.79. The number of rotatable bonds is 3. The third-order valence-corrected chi connectivity index (χ3v) is 3.79. The summed E-state index contributed by atoms with van der Waals surface area (Å²) in [5.41, 5.74) is 1.18. The highest BCUT2D eigenvalue weighted by molar-refractivity contribution is 5.80. The van der Waals surface area contributed by atoms with E-state index in [4.69, 9.17) is 10.00 Å². The van der Waals surface area contributed by atoms with Gasteiger partial charge in [-0.1, -0.05) is 0 Å². The van der Waals surface area contributed by atoms with Gasteiger partial charge in [0.2, 0.25) is 5.91 Å². The molecule has 9 heteroatoms. The molecule has 126 valence electrons. The molecule has 1 saturated heterocycles. The quantitative estimate of drug-likeness (QED) is 0.839. The minimum Gasteiger partial charge on any atom is -0.376 e. The number of nitrogens with zero attached hydrogens (tertiary/aromatic N) is 4. The van der Waals surface area contributed by atoms with Gasteiger partial charge in [0, 0.05) is 17.8 Å². The van der Waals surface area contributed by atoms with Crippen molar-refractivity contribution in [1.29, 1.82) is 5.26 Å². The summed E-state index contributed by atoms with van der Waals surface area (Å²) in [5, 5.41) is 12.9. The van der Waals surface area contributed by atoms with Crippen LogP contribution in [0.15, 0.2) is 0 Å². The minimum absolute atomic E-state index is 0.0757. The van der Waals surface area contributed by atoms with Crippen molar-refractivity contribution >= 4 is 5.91 Å². The molecule has 0 saturated carbocycles. The molecule has 0 unspecified atom stereocenters. The first kappa shape index (κ1) is 17.3.